The fourth-order valence-corrected chi connectivity index (χ4v) is 6.36. The van der Waals surface area contributed by atoms with E-state index in [0.717, 1.165) is 15.8 Å². The lowest BCUT2D eigenvalue weighted by Crippen LogP contribution is -2.34. The van der Waals surface area contributed by atoms with Gasteiger partial charge in [0.2, 0.25) is 0 Å². The van der Waals surface area contributed by atoms with Crippen LogP contribution >= 0.6 is 39.7 Å². The Labute approximate surface area is 133 Å². The molecule has 1 aromatic heterocycles. The van der Waals surface area contributed by atoms with Crippen molar-refractivity contribution >= 4 is 49.7 Å². The molecule has 2 rings (SSSR count). The molecule has 1 aliphatic heterocycles. The minimum Gasteiger partial charge on any atom is -0.330 e. The molecule has 0 radical (unpaired) electrons. The van der Waals surface area contributed by atoms with Crippen molar-refractivity contribution in [2.45, 2.75) is 30.5 Å². The van der Waals surface area contributed by atoms with Gasteiger partial charge in [0, 0.05) is 12.6 Å². The van der Waals surface area contributed by atoms with E-state index < -0.39 is 10.0 Å². The van der Waals surface area contributed by atoms with Gasteiger partial charge in [-0.3, -0.25) is 0 Å². The molecule has 2 atom stereocenters. The molecule has 4 nitrogen and oxygen atoms in total. The predicted molar refractivity (Wildman–Crippen MR) is 84.5 cm³/mol. The van der Waals surface area contributed by atoms with Gasteiger partial charge in [0.05, 0.1) is 3.79 Å². The molecule has 110 valence electrons. The standard InChI is InChI=1S/C11H17BrN2O2S2.ClH/c1-7-3-10(17-11(7)12)18(15,16)14-6-9(5-13)4-8(14)2;/h3,8-9H,4-6,13H2,1-2H3;1H. The number of nitrogens with zero attached hydrogens (tertiary/aromatic N) is 1. The zero-order valence-corrected chi connectivity index (χ0v) is 14.8. The first kappa shape index (κ1) is 17.4. The minimum absolute atomic E-state index is 0. The fraction of sp³-hybridized carbons (Fsp3) is 0.636. The number of aryl methyl sites for hydroxylation is 1. The van der Waals surface area contributed by atoms with Gasteiger partial charge in [-0.2, -0.15) is 4.31 Å². The lowest BCUT2D eigenvalue weighted by atomic mass is 10.1. The Morgan fingerprint density at radius 1 is 1.58 bits per heavy atom. The third kappa shape index (κ3) is 3.33. The Bertz CT molecular complexity index is 527. The maximum absolute atomic E-state index is 12.5. The Morgan fingerprint density at radius 2 is 2.21 bits per heavy atom. The smallest absolute Gasteiger partial charge is 0.252 e. The predicted octanol–water partition coefficient (Wildman–Crippen LogP) is 2.60. The number of halogens is 2. The monoisotopic (exact) mass is 388 g/mol. The summed E-state index contributed by atoms with van der Waals surface area (Å²) in [5.41, 5.74) is 6.60. The normalized spacial score (nSPS) is 24.4. The molecule has 2 unspecified atom stereocenters. The summed E-state index contributed by atoms with van der Waals surface area (Å²) in [6.07, 6.45) is 0.848. The minimum atomic E-state index is -3.37. The van der Waals surface area contributed by atoms with Crippen molar-refractivity contribution in [3.8, 4) is 0 Å². The van der Waals surface area contributed by atoms with Gasteiger partial charge in [0.25, 0.3) is 10.0 Å². The van der Waals surface area contributed by atoms with Crippen LogP contribution in [0.3, 0.4) is 0 Å². The van der Waals surface area contributed by atoms with E-state index in [1.54, 1.807) is 10.4 Å². The van der Waals surface area contributed by atoms with Crippen molar-refractivity contribution in [2.24, 2.45) is 11.7 Å². The first-order valence-corrected chi connectivity index (χ1v) is 8.89. The Morgan fingerprint density at radius 3 is 2.63 bits per heavy atom. The summed E-state index contributed by atoms with van der Waals surface area (Å²) in [5.74, 6) is 0.277. The highest BCUT2D eigenvalue weighted by Crippen LogP contribution is 2.35. The average molecular weight is 390 g/mol. The van der Waals surface area contributed by atoms with Crippen molar-refractivity contribution in [1.29, 1.82) is 0 Å². The Balaban J connectivity index is 0.00000180. The topological polar surface area (TPSA) is 63.4 Å². The number of hydrogen-bond donors (Lipinski definition) is 1. The summed E-state index contributed by atoms with van der Waals surface area (Å²) in [7, 11) is -3.37. The van der Waals surface area contributed by atoms with Gasteiger partial charge in [-0.15, -0.1) is 23.7 Å². The number of nitrogens with two attached hydrogens (primary N) is 1. The van der Waals surface area contributed by atoms with E-state index in [4.69, 9.17) is 5.73 Å². The SMILES string of the molecule is Cc1cc(S(=O)(=O)N2CC(CN)CC2C)sc1Br.Cl. The second-order valence-electron chi connectivity index (χ2n) is 4.78. The van der Waals surface area contributed by atoms with Crippen molar-refractivity contribution < 1.29 is 8.42 Å². The number of rotatable bonds is 3. The van der Waals surface area contributed by atoms with Crippen LogP contribution in [-0.2, 0) is 10.0 Å². The summed E-state index contributed by atoms with van der Waals surface area (Å²) in [5, 5.41) is 0. The van der Waals surface area contributed by atoms with E-state index >= 15 is 0 Å². The van der Waals surface area contributed by atoms with Gasteiger partial charge < -0.3 is 5.73 Å². The van der Waals surface area contributed by atoms with Crippen LogP contribution in [0.1, 0.15) is 18.9 Å². The maximum Gasteiger partial charge on any atom is 0.252 e. The third-order valence-corrected chi connectivity index (χ3v) is 7.90. The zero-order chi connectivity index (χ0) is 13.5. The molecule has 0 aromatic carbocycles. The molecular weight excluding hydrogens is 372 g/mol. The second kappa shape index (κ2) is 6.41. The van der Waals surface area contributed by atoms with Gasteiger partial charge in [-0.05, 0) is 60.3 Å². The molecule has 1 fully saturated rings. The van der Waals surface area contributed by atoms with E-state index in [0.29, 0.717) is 17.3 Å². The molecule has 0 spiro atoms. The largest absolute Gasteiger partial charge is 0.330 e. The molecule has 0 saturated carbocycles. The van der Waals surface area contributed by atoms with Gasteiger partial charge >= 0.3 is 0 Å². The lowest BCUT2D eigenvalue weighted by molar-refractivity contribution is 0.406. The van der Waals surface area contributed by atoms with Gasteiger partial charge in [-0.1, -0.05) is 0 Å². The second-order valence-corrected chi connectivity index (χ2v) is 9.27. The van der Waals surface area contributed by atoms with Crippen LogP contribution < -0.4 is 5.73 Å². The molecule has 1 aliphatic rings. The van der Waals surface area contributed by atoms with Crippen molar-refractivity contribution in [2.75, 3.05) is 13.1 Å². The summed E-state index contributed by atoms with van der Waals surface area (Å²) >= 11 is 4.65. The third-order valence-electron chi connectivity index (χ3n) is 3.34. The highest BCUT2D eigenvalue weighted by atomic mass is 79.9. The summed E-state index contributed by atoms with van der Waals surface area (Å²) in [6, 6.07) is 1.76. The van der Waals surface area contributed by atoms with E-state index in [1.807, 2.05) is 13.8 Å². The molecule has 8 heteroatoms. The van der Waals surface area contributed by atoms with E-state index in [-0.39, 0.29) is 24.4 Å². The Kier molecular flexibility index (Phi) is 5.86. The molecule has 2 N–H and O–H groups in total. The molecule has 1 aromatic rings. The number of hydrogen-bond acceptors (Lipinski definition) is 4. The van der Waals surface area contributed by atoms with Crippen LogP contribution in [0, 0.1) is 12.8 Å². The molecule has 0 aliphatic carbocycles. The maximum atomic E-state index is 12.5. The van der Waals surface area contributed by atoms with Crippen LogP contribution in [0.5, 0.6) is 0 Å². The van der Waals surface area contributed by atoms with Gasteiger partial charge in [0.15, 0.2) is 0 Å². The van der Waals surface area contributed by atoms with Gasteiger partial charge in [0.1, 0.15) is 4.21 Å². The summed E-state index contributed by atoms with van der Waals surface area (Å²) in [6.45, 7) is 4.93. The van der Waals surface area contributed by atoms with Crippen LogP contribution in [-0.4, -0.2) is 31.9 Å². The highest BCUT2D eigenvalue weighted by Gasteiger charge is 2.38. The van der Waals surface area contributed by atoms with Gasteiger partial charge in [-0.25, -0.2) is 8.42 Å². The zero-order valence-electron chi connectivity index (χ0n) is 10.8. The van der Waals surface area contributed by atoms with Crippen LogP contribution in [0.4, 0.5) is 0 Å². The molecule has 1 saturated heterocycles. The fourth-order valence-electron chi connectivity index (χ4n) is 2.29. The van der Waals surface area contributed by atoms with E-state index in [9.17, 15) is 8.42 Å². The molecule has 0 amide bonds. The van der Waals surface area contributed by atoms with E-state index in [1.165, 1.54) is 11.3 Å². The van der Waals surface area contributed by atoms with Crippen molar-refractivity contribution in [1.82, 2.24) is 4.31 Å². The van der Waals surface area contributed by atoms with Crippen LogP contribution in [0.15, 0.2) is 14.1 Å². The summed E-state index contributed by atoms with van der Waals surface area (Å²) in [4.78, 5) is 0. The molecule has 2 heterocycles. The molecule has 19 heavy (non-hydrogen) atoms. The number of thiophene rings is 1. The number of sulfonamides is 1. The quantitative estimate of drug-likeness (QED) is 0.864. The van der Waals surface area contributed by atoms with E-state index in [2.05, 4.69) is 15.9 Å². The van der Waals surface area contributed by atoms with Crippen molar-refractivity contribution in [3.05, 3.63) is 15.4 Å². The lowest BCUT2D eigenvalue weighted by Gasteiger charge is -2.19. The average Bonchev–Trinajstić information content (AvgIpc) is 2.84. The summed E-state index contributed by atoms with van der Waals surface area (Å²) < 4.78 is 28.0. The van der Waals surface area contributed by atoms with Crippen molar-refractivity contribution in [3.63, 3.8) is 0 Å². The molecular formula is C11H18BrClN2O2S2. The Hall–Kier alpha value is 0.340. The molecule has 0 bridgehead atoms. The first-order valence-electron chi connectivity index (χ1n) is 5.84. The van der Waals surface area contributed by atoms with Crippen LogP contribution in [0.2, 0.25) is 0 Å². The first-order chi connectivity index (χ1) is 8.36. The highest BCUT2D eigenvalue weighted by molar-refractivity contribution is 9.11. The van der Waals surface area contributed by atoms with Crippen LogP contribution in [0.25, 0.3) is 0 Å².